The highest BCUT2D eigenvalue weighted by Crippen LogP contribution is 2.29. The minimum absolute atomic E-state index is 0.0353. The summed E-state index contributed by atoms with van der Waals surface area (Å²) in [5.41, 5.74) is 3.42. The van der Waals surface area contributed by atoms with Crippen LogP contribution < -0.4 is 5.63 Å². The number of piperidine rings is 1. The van der Waals surface area contributed by atoms with E-state index in [9.17, 15) is 9.59 Å². The molecule has 0 N–H and O–H groups in total. The summed E-state index contributed by atoms with van der Waals surface area (Å²) in [5, 5.41) is 0.923. The van der Waals surface area contributed by atoms with Crippen molar-refractivity contribution in [2.75, 3.05) is 20.8 Å². The van der Waals surface area contributed by atoms with E-state index in [-0.39, 0.29) is 23.7 Å². The number of fused-ring (bicyclic) bond motifs is 1. The molecular weight excluding hydrogens is 358 g/mol. The van der Waals surface area contributed by atoms with Gasteiger partial charge in [-0.2, -0.15) is 0 Å². The van der Waals surface area contributed by atoms with Crippen molar-refractivity contribution >= 4 is 16.9 Å². The molecule has 2 aromatic rings. The van der Waals surface area contributed by atoms with Gasteiger partial charge < -0.3 is 13.9 Å². The van der Waals surface area contributed by atoms with Crippen molar-refractivity contribution < 1.29 is 18.7 Å². The van der Waals surface area contributed by atoms with Gasteiger partial charge in [-0.15, -0.1) is 0 Å². The first-order chi connectivity index (χ1) is 13.3. The van der Waals surface area contributed by atoms with Gasteiger partial charge in [0, 0.05) is 31.7 Å². The first-order valence-corrected chi connectivity index (χ1v) is 9.76. The highest BCUT2D eigenvalue weighted by molar-refractivity contribution is 5.82. The normalized spacial score (nSPS) is 20.6. The van der Waals surface area contributed by atoms with E-state index in [2.05, 4.69) is 24.8 Å². The fourth-order valence-electron chi connectivity index (χ4n) is 4.13. The molecule has 6 nitrogen and oxygen atoms in total. The van der Waals surface area contributed by atoms with Gasteiger partial charge in [-0.1, -0.05) is 13.8 Å². The number of aryl methyl sites for hydroxylation is 1. The first kappa shape index (κ1) is 20.6. The molecule has 28 heavy (non-hydrogen) atoms. The zero-order valence-electron chi connectivity index (χ0n) is 17.3. The van der Waals surface area contributed by atoms with Gasteiger partial charge in [-0.25, -0.2) is 4.79 Å². The van der Waals surface area contributed by atoms with E-state index in [1.807, 2.05) is 13.0 Å². The third-order valence-electron chi connectivity index (χ3n) is 5.68. The highest BCUT2D eigenvalue weighted by Gasteiger charge is 2.34. The Morgan fingerprint density at radius 3 is 2.68 bits per heavy atom. The van der Waals surface area contributed by atoms with Gasteiger partial charge in [0.15, 0.2) is 0 Å². The van der Waals surface area contributed by atoms with Crippen molar-refractivity contribution in [3.8, 4) is 0 Å². The number of methoxy groups -OCH3 is 2. The van der Waals surface area contributed by atoms with E-state index in [4.69, 9.17) is 13.9 Å². The second-order valence-corrected chi connectivity index (χ2v) is 7.84. The maximum absolute atomic E-state index is 12.3. The molecule has 0 unspecified atom stereocenters. The predicted molar refractivity (Wildman–Crippen MR) is 108 cm³/mol. The molecule has 0 bridgehead atoms. The van der Waals surface area contributed by atoms with E-state index in [1.54, 1.807) is 13.2 Å². The molecule has 2 atom stereocenters. The lowest BCUT2D eigenvalue weighted by Crippen LogP contribution is -2.49. The summed E-state index contributed by atoms with van der Waals surface area (Å²) in [6.45, 7) is 7.51. The van der Waals surface area contributed by atoms with Crippen LogP contribution in [0.2, 0.25) is 0 Å². The Morgan fingerprint density at radius 1 is 1.29 bits per heavy atom. The molecule has 0 aliphatic carbocycles. The van der Waals surface area contributed by atoms with Gasteiger partial charge in [0.05, 0.1) is 13.2 Å². The smallest absolute Gasteiger partial charge is 0.336 e. The number of ether oxygens (including phenoxy) is 2. The topological polar surface area (TPSA) is 69.0 Å². The number of rotatable bonds is 5. The molecular formula is C22H29NO5. The molecule has 2 heterocycles. The van der Waals surface area contributed by atoms with Crippen LogP contribution >= 0.6 is 0 Å². The minimum atomic E-state index is -0.388. The predicted octanol–water partition coefficient (Wildman–Crippen LogP) is 3.38. The number of hydrogen-bond donors (Lipinski definition) is 0. The maximum atomic E-state index is 12.3. The molecule has 0 saturated carbocycles. The fraction of sp³-hybridized carbons (Fsp3) is 0.545. The molecule has 1 aromatic heterocycles. The Bertz CT molecular complexity index is 917. The lowest BCUT2D eigenvalue weighted by molar-refractivity contribution is -0.151. The van der Waals surface area contributed by atoms with E-state index in [1.165, 1.54) is 12.7 Å². The van der Waals surface area contributed by atoms with E-state index in [0.29, 0.717) is 31.0 Å². The lowest BCUT2D eigenvalue weighted by atomic mass is 9.94. The number of carbonyl (C=O) groups is 1. The average Bonchev–Trinajstić information content (AvgIpc) is 2.66. The van der Waals surface area contributed by atoms with E-state index in [0.717, 1.165) is 22.9 Å². The molecule has 0 amide bonds. The molecule has 1 aliphatic rings. The Morgan fingerprint density at radius 2 is 2.04 bits per heavy atom. The third kappa shape index (κ3) is 4.13. The van der Waals surface area contributed by atoms with Crippen LogP contribution in [0, 0.1) is 6.92 Å². The molecule has 3 rings (SSSR count). The number of carbonyl (C=O) groups excluding carboxylic acids is 1. The molecule has 6 heteroatoms. The highest BCUT2D eigenvalue weighted by atomic mass is 16.5. The second kappa shape index (κ2) is 8.45. The van der Waals surface area contributed by atoms with Crippen molar-refractivity contribution in [3.05, 3.63) is 45.3 Å². The summed E-state index contributed by atoms with van der Waals surface area (Å²) in [7, 11) is 3.07. The van der Waals surface area contributed by atoms with E-state index < -0.39 is 0 Å². The number of nitrogens with zero attached hydrogens (tertiary/aromatic N) is 1. The largest absolute Gasteiger partial charge is 0.468 e. The summed E-state index contributed by atoms with van der Waals surface area (Å²) in [5.74, 6) is 0.0946. The van der Waals surface area contributed by atoms with Crippen LogP contribution in [0.4, 0.5) is 0 Å². The standard InChI is InChI=1S/C22H29NO5/c1-13(2)17-11-18-15(9-21(24)28-20(18)8-14(17)3)12-23-7-6-16(26-4)10-19(23)22(25)27-5/h8-9,11,13,16,19H,6-7,10,12H2,1-5H3/t16-,19-/m0/s1. The van der Waals surface area contributed by atoms with Crippen molar-refractivity contribution in [1.29, 1.82) is 0 Å². The Balaban J connectivity index is 2.01. The zero-order chi connectivity index (χ0) is 20.4. The van der Waals surface area contributed by atoms with Crippen LogP contribution in [0.15, 0.2) is 27.4 Å². The third-order valence-corrected chi connectivity index (χ3v) is 5.68. The van der Waals surface area contributed by atoms with Crippen LogP contribution in [-0.2, 0) is 20.8 Å². The van der Waals surface area contributed by atoms with Crippen LogP contribution in [0.25, 0.3) is 11.0 Å². The van der Waals surface area contributed by atoms with Crippen molar-refractivity contribution in [1.82, 2.24) is 4.90 Å². The monoisotopic (exact) mass is 387 g/mol. The second-order valence-electron chi connectivity index (χ2n) is 7.84. The summed E-state index contributed by atoms with van der Waals surface area (Å²) >= 11 is 0. The maximum Gasteiger partial charge on any atom is 0.336 e. The number of benzene rings is 1. The summed E-state index contributed by atoms with van der Waals surface area (Å²) in [4.78, 5) is 26.6. The Hall–Kier alpha value is -2.18. The van der Waals surface area contributed by atoms with Gasteiger partial charge in [0.25, 0.3) is 0 Å². The summed E-state index contributed by atoms with van der Waals surface area (Å²) in [6, 6.07) is 5.20. The molecule has 1 aromatic carbocycles. The first-order valence-electron chi connectivity index (χ1n) is 9.76. The van der Waals surface area contributed by atoms with Crippen LogP contribution in [0.1, 0.15) is 49.3 Å². The van der Waals surface area contributed by atoms with Crippen molar-refractivity contribution in [2.24, 2.45) is 0 Å². The minimum Gasteiger partial charge on any atom is -0.468 e. The number of likely N-dealkylation sites (tertiary alicyclic amines) is 1. The fourth-order valence-corrected chi connectivity index (χ4v) is 4.13. The summed E-state index contributed by atoms with van der Waals surface area (Å²) in [6.07, 6.45) is 1.45. The molecule has 1 fully saturated rings. The zero-order valence-corrected chi connectivity index (χ0v) is 17.3. The van der Waals surface area contributed by atoms with Crippen LogP contribution in [0.5, 0.6) is 0 Å². The summed E-state index contributed by atoms with van der Waals surface area (Å²) < 4.78 is 15.9. The lowest BCUT2D eigenvalue weighted by Gasteiger charge is -2.37. The SMILES string of the molecule is COC(=O)[C@@H]1C[C@@H](OC)CCN1Cc1cc(=O)oc2cc(C)c(C(C)C)cc12. The quantitative estimate of drug-likeness (QED) is 0.579. The van der Waals surface area contributed by atoms with Gasteiger partial charge in [0.1, 0.15) is 11.6 Å². The Kier molecular flexibility index (Phi) is 6.20. The molecule has 0 spiro atoms. The molecule has 1 aliphatic heterocycles. The number of esters is 1. The molecule has 0 radical (unpaired) electrons. The van der Waals surface area contributed by atoms with E-state index >= 15 is 0 Å². The van der Waals surface area contributed by atoms with Crippen LogP contribution in [0.3, 0.4) is 0 Å². The van der Waals surface area contributed by atoms with Crippen molar-refractivity contribution in [2.45, 2.75) is 58.2 Å². The Labute approximate surface area is 165 Å². The van der Waals surface area contributed by atoms with Crippen molar-refractivity contribution in [3.63, 3.8) is 0 Å². The van der Waals surface area contributed by atoms with Gasteiger partial charge in [-0.3, -0.25) is 9.69 Å². The van der Waals surface area contributed by atoms with Gasteiger partial charge in [0.2, 0.25) is 0 Å². The van der Waals surface area contributed by atoms with Crippen LogP contribution in [-0.4, -0.2) is 43.8 Å². The van der Waals surface area contributed by atoms with Gasteiger partial charge >= 0.3 is 11.6 Å². The van der Waals surface area contributed by atoms with Gasteiger partial charge in [-0.05, 0) is 54.5 Å². The molecule has 1 saturated heterocycles. The number of hydrogen-bond acceptors (Lipinski definition) is 6. The average molecular weight is 387 g/mol. The molecule has 152 valence electrons.